The Morgan fingerprint density at radius 3 is 2.73 bits per heavy atom. The van der Waals surface area contributed by atoms with Gasteiger partial charge in [0.1, 0.15) is 11.6 Å². The fourth-order valence-electron chi connectivity index (χ4n) is 3.85. The number of piperidine rings is 1. The molecule has 2 N–H and O–H groups in total. The van der Waals surface area contributed by atoms with E-state index in [1.165, 1.54) is 18.9 Å². The Kier molecular flexibility index (Phi) is 5.00. The van der Waals surface area contributed by atoms with Gasteiger partial charge in [-0.15, -0.1) is 0 Å². The summed E-state index contributed by atoms with van der Waals surface area (Å²) in [6, 6.07) is 15.3. The van der Waals surface area contributed by atoms with Crippen molar-refractivity contribution in [2.24, 2.45) is 5.92 Å². The van der Waals surface area contributed by atoms with Crippen molar-refractivity contribution in [3.05, 3.63) is 60.2 Å². The van der Waals surface area contributed by atoms with Gasteiger partial charge in [0.25, 0.3) is 0 Å². The predicted octanol–water partition coefficient (Wildman–Crippen LogP) is 3.64. The van der Waals surface area contributed by atoms with E-state index in [9.17, 15) is 4.39 Å². The van der Waals surface area contributed by atoms with E-state index in [1.54, 1.807) is 12.1 Å². The number of hydrogen-bond acceptors (Lipinski definition) is 3. The molecule has 4 nitrogen and oxygen atoms in total. The minimum atomic E-state index is -0.239. The van der Waals surface area contributed by atoms with Crippen LogP contribution >= 0.6 is 0 Å². The van der Waals surface area contributed by atoms with Crippen LogP contribution in [0.2, 0.25) is 0 Å². The fraction of sp³-hybridized carbons (Fsp3) is 0.381. The van der Waals surface area contributed by atoms with Gasteiger partial charge < -0.3 is 10.6 Å². The summed E-state index contributed by atoms with van der Waals surface area (Å²) in [7, 11) is 0. The van der Waals surface area contributed by atoms with Crippen LogP contribution in [0.4, 0.5) is 4.39 Å². The number of nitrogens with zero attached hydrogens (tertiary/aromatic N) is 2. The molecule has 0 amide bonds. The molecule has 26 heavy (non-hydrogen) atoms. The second-order valence-electron chi connectivity index (χ2n) is 7.09. The number of halogens is 1. The van der Waals surface area contributed by atoms with Crippen LogP contribution < -0.4 is 10.6 Å². The van der Waals surface area contributed by atoms with Crippen molar-refractivity contribution in [1.29, 1.82) is 0 Å². The highest BCUT2D eigenvalue weighted by molar-refractivity contribution is 5.78. The minimum absolute atomic E-state index is 0.239. The molecule has 3 aromatic rings. The molecule has 0 spiro atoms. The number of para-hydroxylation sites is 1. The lowest BCUT2D eigenvalue weighted by Gasteiger charge is -2.29. The molecule has 0 radical (unpaired) electrons. The number of hydrogen-bond donors (Lipinski definition) is 2. The molecule has 5 heteroatoms. The zero-order valence-corrected chi connectivity index (χ0v) is 15.1. The summed E-state index contributed by atoms with van der Waals surface area (Å²) < 4.78 is 15.9. The quantitative estimate of drug-likeness (QED) is 0.737. The Morgan fingerprint density at radius 1 is 1.19 bits per heavy atom. The Balaban J connectivity index is 1.63. The Hall–Kier alpha value is -2.24. The smallest absolute Gasteiger partial charge is 0.128 e. The third kappa shape index (κ3) is 3.50. The second-order valence-corrected chi connectivity index (χ2v) is 7.09. The summed E-state index contributed by atoms with van der Waals surface area (Å²) in [5.41, 5.74) is 2.64. The molecule has 136 valence electrons. The van der Waals surface area contributed by atoms with Crippen molar-refractivity contribution in [3.8, 4) is 5.69 Å². The fourth-order valence-corrected chi connectivity index (χ4v) is 3.85. The highest BCUT2D eigenvalue weighted by Crippen LogP contribution is 2.23. The molecule has 1 aromatic heterocycles. The maximum atomic E-state index is 13.8. The molecule has 4 rings (SSSR count). The van der Waals surface area contributed by atoms with E-state index in [0.29, 0.717) is 18.5 Å². The molecule has 0 saturated carbocycles. The largest absolute Gasteiger partial charge is 0.317 e. The van der Waals surface area contributed by atoms with Crippen molar-refractivity contribution < 1.29 is 4.39 Å². The summed E-state index contributed by atoms with van der Waals surface area (Å²) in [4.78, 5) is 4.77. The average molecular weight is 352 g/mol. The molecular formula is C21H25FN4. The van der Waals surface area contributed by atoms with Gasteiger partial charge in [-0.05, 0) is 63.0 Å². The van der Waals surface area contributed by atoms with Crippen LogP contribution in [0.15, 0.2) is 48.5 Å². The molecule has 0 aliphatic carbocycles. The van der Waals surface area contributed by atoms with Gasteiger partial charge in [0.15, 0.2) is 0 Å². The first kappa shape index (κ1) is 17.2. The van der Waals surface area contributed by atoms with Crippen molar-refractivity contribution in [1.82, 2.24) is 20.2 Å². The average Bonchev–Trinajstić information content (AvgIpc) is 3.05. The molecule has 1 fully saturated rings. The van der Waals surface area contributed by atoms with E-state index >= 15 is 0 Å². The number of fused-ring (bicyclic) bond motifs is 1. The third-order valence-electron chi connectivity index (χ3n) is 5.37. The normalized spacial score (nSPS) is 16.8. The van der Waals surface area contributed by atoms with E-state index < -0.39 is 0 Å². The van der Waals surface area contributed by atoms with Gasteiger partial charge in [0.2, 0.25) is 0 Å². The van der Waals surface area contributed by atoms with Crippen LogP contribution in [0.1, 0.15) is 25.6 Å². The zero-order valence-electron chi connectivity index (χ0n) is 15.1. The summed E-state index contributed by atoms with van der Waals surface area (Å²) in [6.45, 7) is 5.11. The molecule has 2 aromatic carbocycles. The van der Waals surface area contributed by atoms with Crippen LogP contribution in [0.3, 0.4) is 0 Å². The second kappa shape index (κ2) is 7.56. The van der Waals surface area contributed by atoms with Crippen LogP contribution in [0, 0.1) is 11.7 Å². The van der Waals surface area contributed by atoms with E-state index in [4.69, 9.17) is 4.98 Å². The lowest BCUT2D eigenvalue weighted by atomic mass is 9.91. The Bertz CT molecular complexity index is 868. The standard InChI is InChI=1S/C21H25FN4/c1-15(16-9-11-23-12-10-16)24-14-21-25-19-8-7-17(22)13-20(19)26(21)18-5-3-2-4-6-18/h2-8,13,15-16,23-24H,9-12,14H2,1H3/t15-/m1/s1. The van der Waals surface area contributed by atoms with Crippen molar-refractivity contribution >= 4 is 11.0 Å². The first-order chi connectivity index (χ1) is 12.7. The lowest BCUT2D eigenvalue weighted by Crippen LogP contribution is -2.40. The maximum Gasteiger partial charge on any atom is 0.128 e. The van der Waals surface area contributed by atoms with Crippen molar-refractivity contribution in [3.63, 3.8) is 0 Å². The molecule has 1 atom stereocenters. The van der Waals surface area contributed by atoms with Crippen molar-refractivity contribution in [2.45, 2.75) is 32.4 Å². The molecule has 1 aliphatic rings. The van der Waals surface area contributed by atoms with Crippen molar-refractivity contribution in [2.75, 3.05) is 13.1 Å². The number of rotatable bonds is 5. The van der Waals surface area contributed by atoms with E-state index in [2.05, 4.69) is 22.1 Å². The SMILES string of the molecule is C[C@@H](NCc1nc2ccc(F)cc2n1-c1ccccc1)C1CCNCC1. The van der Waals surface area contributed by atoms with Gasteiger partial charge in [0, 0.05) is 17.8 Å². The van der Waals surface area contributed by atoms with Gasteiger partial charge in [-0.2, -0.15) is 0 Å². The number of imidazole rings is 1. The minimum Gasteiger partial charge on any atom is -0.317 e. The van der Waals surface area contributed by atoms with Gasteiger partial charge in [-0.25, -0.2) is 9.37 Å². The summed E-state index contributed by atoms with van der Waals surface area (Å²) >= 11 is 0. The monoisotopic (exact) mass is 352 g/mol. The van der Waals surface area contributed by atoms with E-state index in [1.807, 2.05) is 30.3 Å². The van der Waals surface area contributed by atoms with E-state index in [0.717, 1.165) is 35.6 Å². The highest BCUT2D eigenvalue weighted by atomic mass is 19.1. The molecule has 1 aliphatic heterocycles. The maximum absolute atomic E-state index is 13.8. The summed E-state index contributed by atoms with van der Waals surface area (Å²) in [5.74, 6) is 1.36. The summed E-state index contributed by atoms with van der Waals surface area (Å²) in [6.07, 6.45) is 2.41. The molecule has 0 bridgehead atoms. The highest BCUT2D eigenvalue weighted by Gasteiger charge is 2.20. The number of nitrogens with one attached hydrogen (secondary N) is 2. The first-order valence-corrected chi connectivity index (χ1v) is 9.39. The molecule has 0 unspecified atom stereocenters. The zero-order chi connectivity index (χ0) is 17.9. The van der Waals surface area contributed by atoms with E-state index in [-0.39, 0.29) is 5.82 Å². The van der Waals surface area contributed by atoms with Gasteiger partial charge in [0.05, 0.1) is 17.6 Å². The van der Waals surface area contributed by atoms with Gasteiger partial charge >= 0.3 is 0 Å². The first-order valence-electron chi connectivity index (χ1n) is 9.39. The Labute approximate surface area is 153 Å². The van der Waals surface area contributed by atoms with Crippen LogP contribution in [-0.2, 0) is 6.54 Å². The number of benzene rings is 2. The van der Waals surface area contributed by atoms with Crippen LogP contribution in [0.5, 0.6) is 0 Å². The van der Waals surface area contributed by atoms with Crippen LogP contribution in [0.25, 0.3) is 16.7 Å². The molecule has 1 saturated heterocycles. The predicted molar refractivity (Wildman–Crippen MR) is 103 cm³/mol. The lowest BCUT2D eigenvalue weighted by molar-refractivity contribution is 0.290. The topological polar surface area (TPSA) is 41.9 Å². The summed E-state index contributed by atoms with van der Waals surface area (Å²) in [5, 5.41) is 7.07. The van der Waals surface area contributed by atoms with Gasteiger partial charge in [-0.1, -0.05) is 18.2 Å². The Morgan fingerprint density at radius 2 is 1.96 bits per heavy atom. The number of aromatic nitrogens is 2. The molecular weight excluding hydrogens is 327 g/mol. The van der Waals surface area contributed by atoms with Crippen LogP contribution in [-0.4, -0.2) is 28.7 Å². The third-order valence-corrected chi connectivity index (χ3v) is 5.37. The van der Waals surface area contributed by atoms with Gasteiger partial charge in [-0.3, -0.25) is 4.57 Å². The molecule has 2 heterocycles.